The topological polar surface area (TPSA) is 89.3 Å². The first-order valence-corrected chi connectivity index (χ1v) is 5.67. The average molecular weight is 253 g/mol. The van der Waals surface area contributed by atoms with Crippen LogP contribution in [0, 0.1) is 0 Å². The van der Waals surface area contributed by atoms with Crippen LogP contribution < -0.4 is 5.73 Å². The van der Waals surface area contributed by atoms with Crippen molar-refractivity contribution in [3.63, 3.8) is 0 Å². The lowest BCUT2D eigenvalue weighted by Crippen LogP contribution is -2.17. The smallest absolute Gasteiger partial charge is 0.173 e. The fourth-order valence-electron chi connectivity index (χ4n) is 1.92. The molecule has 0 radical (unpaired) electrons. The van der Waals surface area contributed by atoms with Gasteiger partial charge in [-0.2, -0.15) is 5.10 Å². The molecule has 0 spiro atoms. The summed E-state index contributed by atoms with van der Waals surface area (Å²) in [5.41, 5.74) is 7.07. The highest BCUT2D eigenvalue weighted by Gasteiger charge is 2.12. The molecule has 0 atom stereocenters. The minimum atomic E-state index is 0.00348. The summed E-state index contributed by atoms with van der Waals surface area (Å²) in [6, 6.07) is 11.3. The summed E-state index contributed by atoms with van der Waals surface area (Å²) >= 11 is 0. The second-order valence-electron chi connectivity index (χ2n) is 3.99. The molecule has 3 N–H and O–H groups in total. The fraction of sp³-hybridized carbons (Fsp3) is 0. The lowest BCUT2D eigenvalue weighted by molar-refractivity contribution is 0.318. The summed E-state index contributed by atoms with van der Waals surface area (Å²) < 4.78 is 1.58. The van der Waals surface area contributed by atoms with Gasteiger partial charge in [0, 0.05) is 17.8 Å². The third kappa shape index (κ3) is 1.89. The molecule has 1 aromatic carbocycles. The molecular formula is C13H11N5O. The number of fused-ring (bicyclic) bond motifs is 1. The summed E-state index contributed by atoms with van der Waals surface area (Å²) in [6.07, 6.45) is 3.40. The number of amidine groups is 1. The van der Waals surface area contributed by atoms with Gasteiger partial charge in [-0.25, -0.2) is 9.67 Å². The van der Waals surface area contributed by atoms with E-state index in [4.69, 9.17) is 10.9 Å². The van der Waals surface area contributed by atoms with Gasteiger partial charge in [-0.1, -0.05) is 23.4 Å². The summed E-state index contributed by atoms with van der Waals surface area (Å²) in [4.78, 5) is 4.52. The van der Waals surface area contributed by atoms with Crippen LogP contribution >= 0.6 is 0 Å². The third-order valence-corrected chi connectivity index (χ3v) is 2.81. The molecule has 0 amide bonds. The zero-order valence-corrected chi connectivity index (χ0v) is 9.93. The lowest BCUT2D eigenvalue weighted by Gasteiger charge is -2.09. The number of para-hydroxylation sites is 1. The minimum absolute atomic E-state index is 0.00348. The maximum atomic E-state index is 8.89. The normalized spacial score (nSPS) is 11.9. The molecule has 3 aromatic rings. The predicted molar refractivity (Wildman–Crippen MR) is 71.4 cm³/mol. The molecule has 94 valence electrons. The van der Waals surface area contributed by atoms with Gasteiger partial charge < -0.3 is 10.9 Å². The molecule has 0 fully saturated rings. The first-order chi connectivity index (χ1) is 9.29. The van der Waals surface area contributed by atoms with Crippen LogP contribution in [0.5, 0.6) is 0 Å². The Kier molecular flexibility index (Phi) is 2.60. The van der Waals surface area contributed by atoms with Crippen LogP contribution in [0.3, 0.4) is 0 Å². The van der Waals surface area contributed by atoms with Gasteiger partial charge in [-0.3, -0.25) is 0 Å². The zero-order valence-electron chi connectivity index (χ0n) is 9.93. The van der Waals surface area contributed by atoms with Crippen molar-refractivity contribution >= 4 is 16.7 Å². The number of nitrogens with zero attached hydrogens (tertiary/aromatic N) is 4. The van der Waals surface area contributed by atoms with E-state index in [0.717, 1.165) is 10.9 Å². The number of hydrogen-bond donors (Lipinski definition) is 2. The second kappa shape index (κ2) is 4.41. The van der Waals surface area contributed by atoms with Crippen LogP contribution in [0.2, 0.25) is 0 Å². The number of oxime groups is 1. The Labute approximate surface area is 108 Å². The van der Waals surface area contributed by atoms with E-state index in [-0.39, 0.29) is 5.84 Å². The van der Waals surface area contributed by atoms with E-state index in [2.05, 4.69) is 15.2 Å². The molecule has 2 heterocycles. The van der Waals surface area contributed by atoms with Crippen LogP contribution in [0.15, 0.2) is 53.9 Å². The zero-order chi connectivity index (χ0) is 13.2. The molecule has 6 nitrogen and oxygen atoms in total. The van der Waals surface area contributed by atoms with E-state index in [1.54, 1.807) is 23.1 Å². The molecule has 3 rings (SSSR count). The standard InChI is InChI=1S/C13H11N5O/c14-12(17-19)10-8-9-4-1-2-5-11(9)16-13(10)18-7-3-6-15-18/h1-8,19H,(H2,14,17). The summed E-state index contributed by atoms with van der Waals surface area (Å²) in [7, 11) is 0. The van der Waals surface area contributed by atoms with Crippen molar-refractivity contribution < 1.29 is 5.21 Å². The fourth-order valence-corrected chi connectivity index (χ4v) is 1.92. The Morgan fingerprint density at radius 1 is 1.26 bits per heavy atom. The van der Waals surface area contributed by atoms with Gasteiger partial charge in [-0.05, 0) is 18.2 Å². The van der Waals surface area contributed by atoms with Crippen LogP contribution in [0.4, 0.5) is 0 Å². The van der Waals surface area contributed by atoms with E-state index < -0.39 is 0 Å². The average Bonchev–Trinajstić information content (AvgIpc) is 2.99. The van der Waals surface area contributed by atoms with Gasteiger partial charge in [0.05, 0.1) is 11.1 Å². The van der Waals surface area contributed by atoms with Crippen LogP contribution in [0.25, 0.3) is 16.7 Å². The van der Waals surface area contributed by atoms with Crippen molar-refractivity contribution in [2.75, 3.05) is 0 Å². The maximum Gasteiger partial charge on any atom is 0.173 e. The van der Waals surface area contributed by atoms with Crippen molar-refractivity contribution in [3.05, 3.63) is 54.4 Å². The van der Waals surface area contributed by atoms with Crippen LogP contribution in [-0.2, 0) is 0 Å². The van der Waals surface area contributed by atoms with E-state index in [9.17, 15) is 0 Å². The number of aromatic nitrogens is 3. The highest BCUT2D eigenvalue weighted by atomic mass is 16.4. The predicted octanol–water partition coefficient (Wildman–Crippen LogP) is 1.51. The Morgan fingerprint density at radius 2 is 2.11 bits per heavy atom. The molecule has 6 heteroatoms. The van der Waals surface area contributed by atoms with Crippen LogP contribution in [-0.4, -0.2) is 25.8 Å². The molecule has 0 saturated carbocycles. The van der Waals surface area contributed by atoms with Gasteiger partial charge >= 0.3 is 0 Å². The number of nitrogens with two attached hydrogens (primary N) is 1. The highest BCUT2D eigenvalue weighted by Crippen LogP contribution is 2.19. The summed E-state index contributed by atoms with van der Waals surface area (Å²) in [5.74, 6) is 0.530. The third-order valence-electron chi connectivity index (χ3n) is 2.81. The SMILES string of the molecule is NC(=NO)c1cc2ccccc2nc1-n1cccn1. The molecular weight excluding hydrogens is 242 g/mol. The largest absolute Gasteiger partial charge is 0.409 e. The maximum absolute atomic E-state index is 8.89. The number of pyridine rings is 1. The first kappa shape index (κ1) is 11.2. The van der Waals surface area contributed by atoms with E-state index in [1.807, 2.05) is 30.3 Å². The monoisotopic (exact) mass is 253 g/mol. The molecule has 0 aliphatic heterocycles. The van der Waals surface area contributed by atoms with Crippen molar-refractivity contribution in [2.45, 2.75) is 0 Å². The number of benzene rings is 1. The van der Waals surface area contributed by atoms with E-state index in [1.165, 1.54) is 0 Å². The Hall–Kier alpha value is -2.89. The lowest BCUT2D eigenvalue weighted by atomic mass is 10.1. The molecule has 0 bridgehead atoms. The van der Waals surface area contributed by atoms with Gasteiger partial charge in [0.2, 0.25) is 0 Å². The first-order valence-electron chi connectivity index (χ1n) is 5.67. The van der Waals surface area contributed by atoms with Gasteiger partial charge in [0.1, 0.15) is 0 Å². The molecule has 0 aliphatic carbocycles. The van der Waals surface area contributed by atoms with Crippen molar-refractivity contribution in [1.29, 1.82) is 0 Å². The minimum Gasteiger partial charge on any atom is -0.409 e. The van der Waals surface area contributed by atoms with E-state index >= 15 is 0 Å². The molecule has 0 unspecified atom stereocenters. The highest BCUT2D eigenvalue weighted by molar-refractivity contribution is 6.02. The van der Waals surface area contributed by atoms with Crippen molar-refractivity contribution in [3.8, 4) is 5.82 Å². The Morgan fingerprint density at radius 3 is 2.84 bits per heavy atom. The molecule has 0 aliphatic rings. The molecule has 2 aromatic heterocycles. The van der Waals surface area contributed by atoms with Crippen molar-refractivity contribution in [1.82, 2.24) is 14.8 Å². The van der Waals surface area contributed by atoms with Gasteiger partial charge in [0.25, 0.3) is 0 Å². The molecule has 19 heavy (non-hydrogen) atoms. The quantitative estimate of drug-likeness (QED) is 0.313. The Balaban J connectivity index is 2.34. The molecule has 0 saturated heterocycles. The Bertz CT molecular complexity index is 749. The van der Waals surface area contributed by atoms with Gasteiger partial charge in [0.15, 0.2) is 11.7 Å². The summed E-state index contributed by atoms with van der Waals surface area (Å²) in [5, 5.41) is 17.0. The number of rotatable bonds is 2. The summed E-state index contributed by atoms with van der Waals surface area (Å²) in [6.45, 7) is 0. The van der Waals surface area contributed by atoms with E-state index in [0.29, 0.717) is 11.4 Å². The second-order valence-corrected chi connectivity index (χ2v) is 3.99. The van der Waals surface area contributed by atoms with Crippen molar-refractivity contribution in [2.24, 2.45) is 10.9 Å². The van der Waals surface area contributed by atoms with Crippen LogP contribution in [0.1, 0.15) is 5.56 Å². The number of hydrogen-bond acceptors (Lipinski definition) is 4. The van der Waals surface area contributed by atoms with Gasteiger partial charge in [-0.15, -0.1) is 0 Å².